The maximum absolute atomic E-state index is 11.6. The number of H-pyrrole nitrogens is 1. The molecule has 0 spiro atoms. The van der Waals surface area contributed by atoms with E-state index in [2.05, 4.69) is 0 Å². The van der Waals surface area contributed by atoms with Crippen LogP contribution in [0, 0.1) is 0 Å². The Morgan fingerprint density at radius 3 is 2.47 bits per heavy atom. The van der Waals surface area contributed by atoms with Crippen LogP contribution in [0.1, 0.15) is 6.23 Å². The van der Waals surface area contributed by atoms with Gasteiger partial charge in [0.1, 0.15) is 24.4 Å². The van der Waals surface area contributed by atoms with Gasteiger partial charge in [0.15, 0.2) is 6.23 Å². The van der Waals surface area contributed by atoms with Crippen molar-refractivity contribution in [1.82, 2.24) is 9.55 Å². The van der Waals surface area contributed by atoms with E-state index in [0.29, 0.717) is 0 Å². The third-order valence-corrected chi connectivity index (χ3v) is 2.99. The van der Waals surface area contributed by atoms with Gasteiger partial charge in [0.05, 0.1) is 6.61 Å². The molecule has 9 heteroatoms. The number of aromatic amines is 1. The lowest BCUT2D eigenvalue weighted by Crippen LogP contribution is -2.57. The van der Waals surface area contributed by atoms with Crippen molar-refractivity contribution in [2.75, 3.05) is 6.61 Å². The molecule has 1 aliphatic rings. The molecule has 0 aromatic carbocycles. The highest BCUT2D eigenvalue weighted by atomic mass is 16.6. The first kappa shape index (κ1) is 13.9. The van der Waals surface area contributed by atoms with Gasteiger partial charge in [-0.2, -0.15) is 0 Å². The Kier molecular flexibility index (Phi) is 3.83. The van der Waals surface area contributed by atoms with Crippen LogP contribution in [0.2, 0.25) is 0 Å². The van der Waals surface area contributed by atoms with Crippen molar-refractivity contribution < 1.29 is 25.2 Å². The Labute approximate surface area is 106 Å². The van der Waals surface area contributed by atoms with Crippen molar-refractivity contribution in [3.63, 3.8) is 0 Å². The Balaban J connectivity index is 2.38. The summed E-state index contributed by atoms with van der Waals surface area (Å²) in [6, 6.07) is 1.04. The second kappa shape index (κ2) is 5.23. The number of rotatable bonds is 2. The molecular formula is C10H14N2O7. The number of ether oxygens (including phenoxy) is 1. The minimum atomic E-state index is -1.59. The number of aliphatic hydroxyl groups excluding tert-OH is 4. The first-order valence-corrected chi connectivity index (χ1v) is 5.57. The van der Waals surface area contributed by atoms with Gasteiger partial charge in [-0.3, -0.25) is 14.3 Å². The van der Waals surface area contributed by atoms with E-state index < -0.39 is 48.5 Å². The lowest BCUT2D eigenvalue weighted by molar-refractivity contribution is -0.252. The highest BCUT2D eigenvalue weighted by molar-refractivity contribution is 4.93. The molecule has 0 bridgehead atoms. The second-order valence-electron chi connectivity index (χ2n) is 4.24. The van der Waals surface area contributed by atoms with Crippen LogP contribution in [0.5, 0.6) is 0 Å². The van der Waals surface area contributed by atoms with Crippen molar-refractivity contribution in [3.8, 4) is 0 Å². The quantitative estimate of drug-likeness (QED) is 0.376. The molecule has 0 unspecified atom stereocenters. The average molecular weight is 274 g/mol. The minimum Gasteiger partial charge on any atom is -0.394 e. The molecule has 1 aromatic heterocycles. The number of nitrogens with one attached hydrogen (secondary N) is 1. The lowest BCUT2D eigenvalue weighted by atomic mass is 9.98. The minimum absolute atomic E-state index is 0.598. The molecule has 1 fully saturated rings. The molecular weight excluding hydrogens is 260 g/mol. The second-order valence-corrected chi connectivity index (χ2v) is 4.24. The summed E-state index contributed by atoms with van der Waals surface area (Å²) in [6.07, 6.45) is -6.03. The van der Waals surface area contributed by atoms with E-state index in [-0.39, 0.29) is 0 Å². The van der Waals surface area contributed by atoms with Crippen LogP contribution in [0.3, 0.4) is 0 Å². The average Bonchev–Trinajstić information content (AvgIpc) is 2.38. The summed E-state index contributed by atoms with van der Waals surface area (Å²) in [5.41, 5.74) is -1.46. The first-order valence-electron chi connectivity index (χ1n) is 5.57. The van der Waals surface area contributed by atoms with Crippen LogP contribution >= 0.6 is 0 Å². The smallest absolute Gasteiger partial charge is 0.330 e. The molecule has 5 N–H and O–H groups in total. The number of hydrogen-bond acceptors (Lipinski definition) is 7. The van der Waals surface area contributed by atoms with Gasteiger partial charge in [-0.15, -0.1) is 0 Å². The summed E-state index contributed by atoms with van der Waals surface area (Å²) >= 11 is 0. The van der Waals surface area contributed by atoms with Crippen molar-refractivity contribution in [2.24, 2.45) is 0 Å². The molecule has 9 nitrogen and oxygen atoms in total. The fraction of sp³-hybridized carbons (Fsp3) is 0.600. The van der Waals surface area contributed by atoms with Crippen molar-refractivity contribution >= 4 is 0 Å². The summed E-state index contributed by atoms with van der Waals surface area (Å²) in [7, 11) is 0. The molecule has 2 heterocycles. The van der Waals surface area contributed by atoms with Gasteiger partial charge in [-0.05, 0) is 0 Å². The fourth-order valence-electron chi connectivity index (χ4n) is 1.94. The van der Waals surface area contributed by atoms with Crippen LogP contribution in [0.4, 0.5) is 0 Å². The Hall–Kier alpha value is -1.52. The lowest BCUT2D eigenvalue weighted by Gasteiger charge is -2.40. The van der Waals surface area contributed by atoms with E-state index in [1.807, 2.05) is 4.98 Å². The van der Waals surface area contributed by atoms with Crippen molar-refractivity contribution in [3.05, 3.63) is 33.1 Å². The fourth-order valence-corrected chi connectivity index (χ4v) is 1.94. The molecule has 106 valence electrons. The van der Waals surface area contributed by atoms with Crippen LogP contribution in [-0.4, -0.2) is 61.0 Å². The number of nitrogens with zero attached hydrogens (tertiary/aromatic N) is 1. The molecule has 0 aliphatic carbocycles. The molecule has 1 saturated heterocycles. The van der Waals surface area contributed by atoms with Gasteiger partial charge in [-0.25, -0.2) is 4.79 Å². The van der Waals surface area contributed by atoms with Crippen LogP contribution in [-0.2, 0) is 4.74 Å². The topological polar surface area (TPSA) is 145 Å². The summed E-state index contributed by atoms with van der Waals surface area (Å²) in [6.45, 7) is -0.598. The van der Waals surface area contributed by atoms with Gasteiger partial charge in [0.2, 0.25) is 0 Å². The first-order chi connectivity index (χ1) is 8.95. The number of aliphatic hydroxyl groups is 4. The third-order valence-electron chi connectivity index (χ3n) is 2.99. The largest absolute Gasteiger partial charge is 0.394 e. The van der Waals surface area contributed by atoms with Gasteiger partial charge < -0.3 is 25.2 Å². The Morgan fingerprint density at radius 1 is 1.21 bits per heavy atom. The number of aromatic nitrogens is 2. The highest BCUT2D eigenvalue weighted by Crippen LogP contribution is 2.26. The summed E-state index contributed by atoms with van der Waals surface area (Å²) < 4.78 is 6.03. The third kappa shape index (κ3) is 2.46. The van der Waals surface area contributed by atoms with Gasteiger partial charge in [0.25, 0.3) is 5.56 Å². The summed E-state index contributed by atoms with van der Waals surface area (Å²) in [4.78, 5) is 24.5. The SMILES string of the molecule is O=c1ccn([C@@H]2O[C@H](CO)[C@H](O)[C@H](O)[C@H]2O)c(=O)[nH]1. The van der Waals surface area contributed by atoms with Gasteiger partial charge in [-0.1, -0.05) is 0 Å². The van der Waals surface area contributed by atoms with Gasteiger partial charge in [0, 0.05) is 12.3 Å². The molecule has 1 aromatic rings. The van der Waals surface area contributed by atoms with Crippen LogP contribution < -0.4 is 11.2 Å². The zero-order valence-electron chi connectivity index (χ0n) is 9.71. The maximum atomic E-state index is 11.6. The molecule has 0 amide bonds. The Morgan fingerprint density at radius 2 is 1.89 bits per heavy atom. The molecule has 19 heavy (non-hydrogen) atoms. The van der Waals surface area contributed by atoms with E-state index >= 15 is 0 Å². The van der Waals surface area contributed by atoms with Crippen LogP contribution in [0.25, 0.3) is 0 Å². The van der Waals surface area contributed by atoms with Gasteiger partial charge >= 0.3 is 5.69 Å². The predicted molar refractivity (Wildman–Crippen MR) is 60.3 cm³/mol. The Bertz CT molecular complexity index is 551. The standard InChI is InChI=1S/C10H14N2O7/c13-3-4-6(15)7(16)8(17)9(19-4)12-2-1-5(14)11-10(12)18/h1-2,4,6-9,13,15-17H,3H2,(H,11,14,18)/t4-,6+,7+,8-,9-/m1/s1. The molecule has 5 atom stereocenters. The number of hydrogen-bond donors (Lipinski definition) is 5. The highest BCUT2D eigenvalue weighted by Gasteiger charge is 2.44. The van der Waals surface area contributed by atoms with Crippen molar-refractivity contribution in [2.45, 2.75) is 30.6 Å². The van der Waals surface area contributed by atoms with Crippen molar-refractivity contribution in [1.29, 1.82) is 0 Å². The van der Waals surface area contributed by atoms with E-state index in [9.17, 15) is 24.9 Å². The normalized spacial score (nSPS) is 35.3. The van der Waals surface area contributed by atoms with E-state index in [4.69, 9.17) is 9.84 Å². The summed E-state index contributed by atoms with van der Waals surface area (Å²) in [5, 5.41) is 38.0. The van der Waals surface area contributed by atoms with Crippen LogP contribution in [0.15, 0.2) is 21.9 Å². The predicted octanol–water partition coefficient (Wildman–Crippen LogP) is -3.49. The maximum Gasteiger partial charge on any atom is 0.330 e. The molecule has 2 rings (SSSR count). The zero-order chi connectivity index (χ0) is 14.2. The zero-order valence-corrected chi connectivity index (χ0v) is 9.71. The monoisotopic (exact) mass is 274 g/mol. The van der Waals surface area contributed by atoms with E-state index in [0.717, 1.165) is 16.8 Å². The molecule has 1 aliphatic heterocycles. The van der Waals surface area contributed by atoms with E-state index in [1.165, 1.54) is 0 Å². The van der Waals surface area contributed by atoms with E-state index in [1.54, 1.807) is 0 Å². The summed E-state index contributed by atoms with van der Waals surface area (Å²) in [5.74, 6) is 0. The molecule has 0 radical (unpaired) electrons. The molecule has 0 saturated carbocycles.